The van der Waals surface area contributed by atoms with Crippen LogP contribution in [0.5, 0.6) is 0 Å². The van der Waals surface area contributed by atoms with Crippen LogP contribution in [0.3, 0.4) is 0 Å². The maximum atomic E-state index is 11.6. The van der Waals surface area contributed by atoms with Gasteiger partial charge in [-0.15, -0.1) is 0 Å². The van der Waals surface area contributed by atoms with E-state index in [1.54, 1.807) is 4.90 Å². The van der Waals surface area contributed by atoms with E-state index in [9.17, 15) is 9.59 Å². The summed E-state index contributed by atoms with van der Waals surface area (Å²) < 4.78 is 0. The number of likely N-dealkylation sites (tertiary alicyclic amines) is 1. The van der Waals surface area contributed by atoms with Crippen LogP contribution in [-0.2, 0) is 4.79 Å². The van der Waals surface area contributed by atoms with Crippen molar-refractivity contribution in [2.75, 3.05) is 19.6 Å². The van der Waals surface area contributed by atoms with Crippen LogP contribution in [0.1, 0.15) is 33.1 Å². The Morgan fingerprint density at radius 3 is 2.62 bits per heavy atom. The molecule has 5 nitrogen and oxygen atoms in total. The fraction of sp³-hybridized carbons (Fsp3) is 0.818. The third kappa shape index (κ3) is 4.08. The molecule has 0 aromatic carbocycles. The van der Waals surface area contributed by atoms with Gasteiger partial charge in [0.2, 0.25) is 0 Å². The number of hydrogen-bond acceptors (Lipinski definition) is 2. The molecule has 1 rings (SSSR count). The number of carbonyl (C=O) groups excluding carboxylic acids is 1. The van der Waals surface area contributed by atoms with Crippen LogP contribution in [-0.4, -0.2) is 41.6 Å². The van der Waals surface area contributed by atoms with E-state index >= 15 is 0 Å². The van der Waals surface area contributed by atoms with Gasteiger partial charge in [0, 0.05) is 26.1 Å². The number of nitrogens with zero attached hydrogens (tertiary/aromatic N) is 1. The van der Waals surface area contributed by atoms with Crippen molar-refractivity contribution >= 4 is 12.0 Å². The predicted octanol–water partition coefficient (Wildman–Crippen LogP) is 1.29. The lowest BCUT2D eigenvalue weighted by Crippen LogP contribution is -2.39. The van der Waals surface area contributed by atoms with Crippen LogP contribution in [0.25, 0.3) is 0 Å². The maximum Gasteiger partial charge on any atom is 0.317 e. The van der Waals surface area contributed by atoms with Crippen LogP contribution >= 0.6 is 0 Å². The summed E-state index contributed by atoms with van der Waals surface area (Å²) in [6, 6.07) is -0.0732. The molecule has 16 heavy (non-hydrogen) atoms. The number of nitrogens with one attached hydrogen (secondary N) is 1. The molecule has 92 valence electrons. The standard InChI is InChI=1S/C11H20N2O3/c1-11(2)5-7-13(8-11)10(16)12-6-3-4-9(14)15/h3-8H2,1-2H3,(H,12,16)(H,14,15). The van der Waals surface area contributed by atoms with Crippen LogP contribution < -0.4 is 5.32 Å². The molecule has 1 aliphatic heterocycles. The number of carboxylic acid groups (broad SMARTS) is 1. The van der Waals surface area contributed by atoms with E-state index in [1.807, 2.05) is 0 Å². The highest BCUT2D eigenvalue weighted by atomic mass is 16.4. The van der Waals surface area contributed by atoms with E-state index in [0.29, 0.717) is 13.0 Å². The molecule has 0 spiro atoms. The Morgan fingerprint density at radius 2 is 2.12 bits per heavy atom. The Balaban J connectivity index is 2.19. The second-order valence-electron chi connectivity index (χ2n) is 5.06. The Bertz CT molecular complexity index is 276. The summed E-state index contributed by atoms with van der Waals surface area (Å²) in [5.74, 6) is -0.823. The van der Waals surface area contributed by atoms with Gasteiger partial charge in [-0.05, 0) is 18.3 Å². The van der Waals surface area contributed by atoms with Crippen molar-refractivity contribution in [3.05, 3.63) is 0 Å². The summed E-state index contributed by atoms with van der Waals surface area (Å²) in [5.41, 5.74) is 0.207. The second kappa shape index (κ2) is 5.18. The minimum Gasteiger partial charge on any atom is -0.481 e. The van der Waals surface area contributed by atoms with Gasteiger partial charge in [0.05, 0.1) is 0 Å². The number of urea groups is 1. The first-order chi connectivity index (χ1) is 7.41. The van der Waals surface area contributed by atoms with E-state index in [-0.39, 0.29) is 17.9 Å². The van der Waals surface area contributed by atoms with Gasteiger partial charge in [-0.1, -0.05) is 13.8 Å². The third-order valence-corrected chi connectivity index (χ3v) is 2.81. The first-order valence-electron chi connectivity index (χ1n) is 5.65. The van der Waals surface area contributed by atoms with Crippen molar-refractivity contribution < 1.29 is 14.7 Å². The molecule has 0 bridgehead atoms. The summed E-state index contributed by atoms with van der Waals surface area (Å²) in [6.07, 6.45) is 1.61. The lowest BCUT2D eigenvalue weighted by molar-refractivity contribution is -0.137. The Hall–Kier alpha value is -1.26. The van der Waals surface area contributed by atoms with Crippen molar-refractivity contribution in [2.24, 2.45) is 5.41 Å². The van der Waals surface area contributed by atoms with Crippen LogP contribution in [0, 0.1) is 5.41 Å². The monoisotopic (exact) mass is 228 g/mol. The van der Waals surface area contributed by atoms with Crippen LogP contribution in [0.15, 0.2) is 0 Å². The number of carboxylic acids is 1. The third-order valence-electron chi connectivity index (χ3n) is 2.81. The molecule has 0 aliphatic carbocycles. The number of aliphatic carboxylic acids is 1. The minimum atomic E-state index is -0.823. The molecule has 0 aromatic rings. The summed E-state index contributed by atoms with van der Waals surface area (Å²) in [7, 11) is 0. The Morgan fingerprint density at radius 1 is 1.44 bits per heavy atom. The fourth-order valence-electron chi connectivity index (χ4n) is 1.83. The molecular weight excluding hydrogens is 208 g/mol. The van der Waals surface area contributed by atoms with Gasteiger partial charge in [0.25, 0.3) is 0 Å². The SMILES string of the molecule is CC1(C)CCN(C(=O)NCCCC(=O)O)C1. The Kier molecular flexibility index (Phi) is 4.15. The zero-order chi connectivity index (χ0) is 12.2. The van der Waals surface area contributed by atoms with E-state index in [2.05, 4.69) is 19.2 Å². The maximum absolute atomic E-state index is 11.6. The zero-order valence-electron chi connectivity index (χ0n) is 9.95. The molecule has 2 N–H and O–H groups in total. The predicted molar refractivity (Wildman–Crippen MR) is 60.2 cm³/mol. The highest BCUT2D eigenvalue weighted by molar-refractivity contribution is 5.74. The molecule has 0 aromatic heterocycles. The quantitative estimate of drug-likeness (QED) is 0.712. The number of rotatable bonds is 4. The molecule has 0 radical (unpaired) electrons. The fourth-order valence-corrected chi connectivity index (χ4v) is 1.83. The smallest absolute Gasteiger partial charge is 0.317 e. The van der Waals surface area contributed by atoms with Crippen molar-refractivity contribution in [1.29, 1.82) is 0 Å². The van der Waals surface area contributed by atoms with E-state index in [1.165, 1.54) is 0 Å². The second-order valence-corrected chi connectivity index (χ2v) is 5.06. The van der Waals surface area contributed by atoms with Crippen molar-refractivity contribution in [3.8, 4) is 0 Å². The van der Waals surface area contributed by atoms with Gasteiger partial charge in [-0.25, -0.2) is 4.79 Å². The van der Waals surface area contributed by atoms with Gasteiger partial charge in [0.15, 0.2) is 0 Å². The topological polar surface area (TPSA) is 69.6 Å². The van der Waals surface area contributed by atoms with Crippen LogP contribution in [0.2, 0.25) is 0 Å². The molecule has 0 saturated carbocycles. The first kappa shape index (κ1) is 12.8. The average molecular weight is 228 g/mol. The lowest BCUT2D eigenvalue weighted by Gasteiger charge is -2.20. The minimum absolute atomic E-state index is 0.0732. The number of amides is 2. The van der Waals surface area contributed by atoms with Crippen molar-refractivity contribution in [1.82, 2.24) is 10.2 Å². The highest BCUT2D eigenvalue weighted by Gasteiger charge is 2.31. The average Bonchev–Trinajstić information content (AvgIpc) is 2.53. The molecule has 1 saturated heterocycles. The lowest BCUT2D eigenvalue weighted by atomic mass is 9.93. The Labute approximate surface area is 95.8 Å². The molecule has 1 fully saturated rings. The van der Waals surface area contributed by atoms with E-state index in [0.717, 1.165) is 19.5 Å². The summed E-state index contributed by atoms with van der Waals surface area (Å²) in [6.45, 7) is 6.28. The number of carbonyl (C=O) groups is 2. The molecular formula is C11H20N2O3. The van der Waals surface area contributed by atoms with Crippen molar-refractivity contribution in [3.63, 3.8) is 0 Å². The normalized spacial score (nSPS) is 18.5. The largest absolute Gasteiger partial charge is 0.481 e. The van der Waals surface area contributed by atoms with E-state index < -0.39 is 5.97 Å². The van der Waals surface area contributed by atoms with Gasteiger partial charge in [0.1, 0.15) is 0 Å². The van der Waals surface area contributed by atoms with Gasteiger partial charge in [-0.2, -0.15) is 0 Å². The summed E-state index contributed by atoms with van der Waals surface area (Å²) >= 11 is 0. The molecule has 2 amide bonds. The van der Waals surface area contributed by atoms with Gasteiger partial charge in [-0.3, -0.25) is 4.79 Å². The summed E-state index contributed by atoms with van der Waals surface area (Å²) in [4.78, 5) is 23.7. The molecule has 0 atom stereocenters. The zero-order valence-corrected chi connectivity index (χ0v) is 9.95. The van der Waals surface area contributed by atoms with Crippen molar-refractivity contribution in [2.45, 2.75) is 33.1 Å². The number of hydrogen-bond donors (Lipinski definition) is 2. The van der Waals surface area contributed by atoms with Crippen LogP contribution in [0.4, 0.5) is 4.79 Å². The molecule has 5 heteroatoms. The molecule has 1 heterocycles. The summed E-state index contributed by atoms with van der Waals surface area (Å²) in [5, 5.41) is 11.2. The van der Waals surface area contributed by atoms with E-state index in [4.69, 9.17) is 5.11 Å². The molecule has 1 aliphatic rings. The first-order valence-corrected chi connectivity index (χ1v) is 5.65. The van der Waals surface area contributed by atoms with Gasteiger partial charge < -0.3 is 15.3 Å². The highest BCUT2D eigenvalue weighted by Crippen LogP contribution is 2.28. The molecule has 0 unspecified atom stereocenters. The van der Waals surface area contributed by atoms with Gasteiger partial charge >= 0.3 is 12.0 Å².